The lowest BCUT2D eigenvalue weighted by Gasteiger charge is -2.04. The highest BCUT2D eigenvalue weighted by Gasteiger charge is 2.09. The molecule has 4 aromatic rings. The predicted octanol–water partition coefficient (Wildman–Crippen LogP) is 4.23. The smallest absolute Gasteiger partial charge is 0.135 e. The van der Waals surface area contributed by atoms with Crippen molar-refractivity contribution in [3.05, 3.63) is 60.9 Å². The molecule has 0 atom stereocenters. The molecule has 0 saturated heterocycles. The van der Waals surface area contributed by atoms with Crippen molar-refractivity contribution in [3.8, 4) is 11.1 Å². The third kappa shape index (κ3) is 1.57. The number of pyridine rings is 1. The van der Waals surface area contributed by atoms with Gasteiger partial charge in [0, 0.05) is 34.4 Å². The van der Waals surface area contributed by atoms with E-state index in [0.717, 1.165) is 38.8 Å². The molecule has 0 radical (unpaired) electrons. The number of hydrogen-bond donors (Lipinski definition) is 1. The number of fused-ring (bicyclic) bond motifs is 3. The molecule has 96 valence electrons. The Kier molecular flexibility index (Phi) is 2.27. The van der Waals surface area contributed by atoms with Crippen LogP contribution >= 0.6 is 0 Å². The van der Waals surface area contributed by atoms with Crippen molar-refractivity contribution >= 4 is 27.6 Å². The standard InChI is InChI=1S/C17H12N2O/c18-15-7-8-19-10-14(15)11-5-6-17-13(9-11)12-3-1-2-4-16(12)20-17/h1-10H,(H2,18,19). The van der Waals surface area contributed by atoms with Crippen molar-refractivity contribution in [2.24, 2.45) is 0 Å². The number of nitrogen functional groups attached to an aromatic ring is 1. The summed E-state index contributed by atoms with van der Waals surface area (Å²) < 4.78 is 5.83. The molecule has 3 heteroatoms. The lowest BCUT2D eigenvalue weighted by molar-refractivity contribution is 0.669. The molecule has 0 aliphatic carbocycles. The molecule has 0 aliphatic heterocycles. The van der Waals surface area contributed by atoms with Gasteiger partial charge in [-0.05, 0) is 29.8 Å². The Morgan fingerprint density at radius 3 is 2.65 bits per heavy atom. The van der Waals surface area contributed by atoms with Crippen LogP contribution in [0, 0.1) is 0 Å². The number of rotatable bonds is 1. The van der Waals surface area contributed by atoms with Crippen LogP contribution in [0.1, 0.15) is 0 Å². The first-order chi connectivity index (χ1) is 9.83. The van der Waals surface area contributed by atoms with Crippen molar-refractivity contribution < 1.29 is 4.42 Å². The number of nitrogens with zero attached hydrogens (tertiary/aromatic N) is 1. The summed E-state index contributed by atoms with van der Waals surface area (Å²) in [7, 11) is 0. The molecule has 0 bridgehead atoms. The van der Waals surface area contributed by atoms with Crippen LogP contribution in [0.5, 0.6) is 0 Å². The van der Waals surface area contributed by atoms with E-state index in [9.17, 15) is 0 Å². The van der Waals surface area contributed by atoms with Crippen molar-refractivity contribution in [2.75, 3.05) is 5.73 Å². The molecule has 0 aliphatic rings. The van der Waals surface area contributed by atoms with Crippen LogP contribution in [0.2, 0.25) is 0 Å². The number of para-hydroxylation sites is 1. The molecule has 0 saturated carbocycles. The molecular weight excluding hydrogens is 248 g/mol. The summed E-state index contributed by atoms with van der Waals surface area (Å²) >= 11 is 0. The monoisotopic (exact) mass is 260 g/mol. The average molecular weight is 260 g/mol. The number of aromatic nitrogens is 1. The molecule has 20 heavy (non-hydrogen) atoms. The summed E-state index contributed by atoms with van der Waals surface area (Å²) in [5.74, 6) is 0. The SMILES string of the molecule is Nc1ccncc1-c1ccc2oc3ccccc3c2c1. The lowest BCUT2D eigenvalue weighted by Crippen LogP contribution is -1.90. The molecule has 2 aromatic carbocycles. The van der Waals surface area contributed by atoms with Crippen LogP contribution in [0.15, 0.2) is 65.3 Å². The highest BCUT2D eigenvalue weighted by molar-refractivity contribution is 6.06. The van der Waals surface area contributed by atoms with Gasteiger partial charge in [0.1, 0.15) is 11.2 Å². The maximum absolute atomic E-state index is 6.02. The second-order valence-corrected chi connectivity index (χ2v) is 4.77. The molecule has 0 spiro atoms. The summed E-state index contributed by atoms with van der Waals surface area (Å²) in [5, 5.41) is 2.22. The summed E-state index contributed by atoms with van der Waals surface area (Å²) in [6, 6.07) is 16.0. The number of hydrogen-bond acceptors (Lipinski definition) is 3. The zero-order chi connectivity index (χ0) is 13.5. The minimum absolute atomic E-state index is 0.729. The Morgan fingerprint density at radius 1 is 0.900 bits per heavy atom. The largest absolute Gasteiger partial charge is 0.456 e. The van der Waals surface area contributed by atoms with Crippen LogP contribution in [0.4, 0.5) is 5.69 Å². The predicted molar refractivity (Wildman–Crippen MR) is 81.4 cm³/mol. The molecule has 0 unspecified atom stereocenters. The molecule has 3 nitrogen and oxygen atoms in total. The van der Waals surface area contributed by atoms with E-state index < -0.39 is 0 Å². The van der Waals surface area contributed by atoms with Gasteiger partial charge in [0.05, 0.1) is 0 Å². The minimum Gasteiger partial charge on any atom is -0.456 e. The van der Waals surface area contributed by atoms with Gasteiger partial charge in [0.25, 0.3) is 0 Å². The Balaban J connectivity index is 2.03. The van der Waals surface area contributed by atoms with E-state index >= 15 is 0 Å². The first kappa shape index (κ1) is 11.1. The normalized spacial score (nSPS) is 11.2. The van der Waals surface area contributed by atoms with Gasteiger partial charge in [-0.1, -0.05) is 24.3 Å². The first-order valence-electron chi connectivity index (χ1n) is 6.44. The molecular formula is C17H12N2O. The van der Waals surface area contributed by atoms with Crippen molar-refractivity contribution in [3.63, 3.8) is 0 Å². The molecule has 2 N–H and O–H groups in total. The molecule has 0 amide bonds. The second kappa shape index (κ2) is 4.10. The van der Waals surface area contributed by atoms with Crippen molar-refractivity contribution in [1.29, 1.82) is 0 Å². The fourth-order valence-corrected chi connectivity index (χ4v) is 2.54. The molecule has 2 aromatic heterocycles. The fourth-order valence-electron chi connectivity index (χ4n) is 2.54. The van der Waals surface area contributed by atoms with Crippen molar-refractivity contribution in [1.82, 2.24) is 4.98 Å². The van der Waals surface area contributed by atoms with E-state index in [4.69, 9.17) is 10.2 Å². The van der Waals surface area contributed by atoms with Gasteiger partial charge in [-0.25, -0.2) is 0 Å². The number of anilines is 1. The number of furan rings is 1. The van der Waals surface area contributed by atoms with E-state index in [0.29, 0.717) is 0 Å². The van der Waals surface area contributed by atoms with Gasteiger partial charge in [-0.3, -0.25) is 4.98 Å². The lowest BCUT2D eigenvalue weighted by atomic mass is 10.0. The summed E-state index contributed by atoms with van der Waals surface area (Å²) in [6.45, 7) is 0. The third-order valence-corrected chi connectivity index (χ3v) is 3.54. The highest BCUT2D eigenvalue weighted by atomic mass is 16.3. The summed E-state index contributed by atoms with van der Waals surface area (Å²) in [5.41, 5.74) is 10.5. The number of nitrogens with two attached hydrogens (primary N) is 1. The van der Waals surface area contributed by atoms with Gasteiger partial charge in [-0.2, -0.15) is 0 Å². The molecule has 4 rings (SSSR count). The van der Waals surface area contributed by atoms with E-state index in [1.807, 2.05) is 36.4 Å². The zero-order valence-corrected chi connectivity index (χ0v) is 10.7. The maximum Gasteiger partial charge on any atom is 0.135 e. The fraction of sp³-hybridized carbons (Fsp3) is 0. The topological polar surface area (TPSA) is 52.0 Å². The highest BCUT2D eigenvalue weighted by Crippen LogP contribution is 2.33. The van der Waals surface area contributed by atoms with Crippen LogP contribution in [0.25, 0.3) is 33.1 Å². The molecule has 0 fully saturated rings. The van der Waals surface area contributed by atoms with Gasteiger partial charge < -0.3 is 10.2 Å². The van der Waals surface area contributed by atoms with E-state index in [2.05, 4.69) is 17.1 Å². The van der Waals surface area contributed by atoms with E-state index in [-0.39, 0.29) is 0 Å². The summed E-state index contributed by atoms with van der Waals surface area (Å²) in [4.78, 5) is 4.15. The Bertz CT molecular complexity index is 924. The van der Waals surface area contributed by atoms with Crippen LogP contribution < -0.4 is 5.73 Å². The van der Waals surface area contributed by atoms with Gasteiger partial charge >= 0.3 is 0 Å². The average Bonchev–Trinajstić information content (AvgIpc) is 2.85. The van der Waals surface area contributed by atoms with Crippen LogP contribution in [0.3, 0.4) is 0 Å². The third-order valence-electron chi connectivity index (χ3n) is 3.54. The number of benzene rings is 2. The Labute approximate surface area is 115 Å². The Morgan fingerprint density at radius 2 is 1.75 bits per heavy atom. The van der Waals surface area contributed by atoms with Crippen LogP contribution in [-0.4, -0.2) is 4.98 Å². The van der Waals surface area contributed by atoms with Crippen molar-refractivity contribution in [2.45, 2.75) is 0 Å². The van der Waals surface area contributed by atoms with Gasteiger partial charge in [-0.15, -0.1) is 0 Å². The second-order valence-electron chi connectivity index (χ2n) is 4.77. The molecule has 2 heterocycles. The zero-order valence-electron chi connectivity index (χ0n) is 10.7. The van der Waals surface area contributed by atoms with E-state index in [1.54, 1.807) is 12.4 Å². The minimum atomic E-state index is 0.729. The Hall–Kier alpha value is -2.81. The van der Waals surface area contributed by atoms with Gasteiger partial charge in [0.2, 0.25) is 0 Å². The quantitative estimate of drug-likeness (QED) is 0.557. The van der Waals surface area contributed by atoms with Crippen LogP contribution in [-0.2, 0) is 0 Å². The maximum atomic E-state index is 6.02. The van der Waals surface area contributed by atoms with Gasteiger partial charge in [0.15, 0.2) is 0 Å². The summed E-state index contributed by atoms with van der Waals surface area (Å²) in [6.07, 6.45) is 3.49. The first-order valence-corrected chi connectivity index (χ1v) is 6.44. The van der Waals surface area contributed by atoms with E-state index in [1.165, 1.54) is 0 Å².